The van der Waals surface area contributed by atoms with E-state index in [2.05, 4.69) is 15.5 Å². The monoisotopic (exact) mass is 378 g/mol. The van der Waals surface area contributed by atoms with Crippen LogP contribution in [0.2, 0.25) is 0 Å². The van der Waals surface area contributed by atoms with E-state index in [0.717, 1.165) is 15.5 Å². The van der Waals surface area contributed by atoms with Gasteiger partial charge in [0.05, 0.1) is 11.1 Å². The molecule has 1 N–H and O–H groups in total. The van der Waals surface area contributed by atoms with E-state index in [0.29, 0.717) is 22.7 Å². The number of hydrogen-bond donors (Lipinski definition) is 1. The molecule has 0 fully saturated rings. The van der Waals surface area contributed by atoms with E-state index in [1.807, 2.05) is 30.3 Å². The molecule has 0 saturated heterocycles. The Balaban J connectivity index is 1.39. The molecule has 0 atom stereocenters. The number of benzene rings is 2. The van der Waals surface area contributed by atoms with Crippen molar-refractivity contribution >= 4 is 34.2 Å². The van der Waals surface area contributed by atoms with Gasteiger partial charge in [-0.15, -0.1) is 10.2 Å². The molecule has 0 unspecified atom stereocenters. The zero-order chi connectivity index (χ0) is 18.8. The molecule has 0 radical (unpaired) electrons. The van der Waals surface area contributed by atoms with Gasteiger partial charge in [-0.25, -0.2) is 0 Å². The number of rotatable bonds is 5. The molecule has 134 valence electrons. The van der Waals surface area contributed by atoms with Gasteiger partial charge in [-0.3, -0.25) is 24.6 Å². The van der Waals surface area contributed by atoms with Gasteiger partial charge < -0.3 is 0 Å². The number of anilines is 1. The van der Waals surface area contributed by atoms with Crippen LogP contribution >= 0.6 is 11.3 Å². The molecule has 0 bridgehead atoms. The van der Waals surface area contributed by atoms with Gasteiger partial charge >= 0.3 is 0 Å². The normalized spacial score (nSPS) is 13.0. The lowest BCUT2D eigenvalue weighted by atomic mass is 10.1. The smallest absolute Gasteiger partial charge is 0.262 e. The maximum Gasteiger partial charge on any atom is 0.262 e. The van der Waals surface area contributed by atoms with Crippen molar-refractivity contribution in [2.24, 2.45) is 0 Å². The van der Waals surface area contributed by atoms with E-state index in [4.69, 9.17) is 0 Å². The van der Waals surface area contributed by atoms with Gasteiger partial charge in [0, 0.05) is 6.42 Å². The fraction of sp³-hybridized carbons (Fsp3) is 0.105. The Kier molecular flexibility index (Phi) is 4.47. The van der Waals surface area contributed by atoms with Gasteiger partial charge in [0.25, 0.3) is 11.8 Å². The minimum atomic E-state index is -0.494. The van der Waals surface area contributed by atoms with E-state index in [9.17, 15) is 14.4 Å². The molecule has 0 spiro atoms. The zero-order valence-corrected chi connectivity index (χ0v) is 14.9. The lowest BCUT2D eigenvalue weighted by Gasteiger charge is -2.12. The molecular weight excluding hydrogens is 364 g/mol. The standard InChI is InChI=1S/C19H14N4O3S/c24-15(11-23-17(25)13-8-4-5-9-14(13)18(23)26)20-19-22-21-16(27-19)10-12-6-2-1-3-7-12/h1-9H,10-11H2,(H,20,22,24). The predicted molar refractivity (Wildman–Crippen MR) is 99.6 cm³/mol. The third kappa shape index (κ3) is 3.47. The largest absolute Gasteiger partial charge is 0.299 e. The fourth-order valence-corrected chi connectivity index (χ4v) is 3.62. The van der Waals surface area contributed by atoms with Crippen LogP contribution in [0.25, 0.3) is 0 Å². The van der Waals surface area contributed by atoms with Crippen LogP contribution in [0.4, 0.5) is 5.13 Å². The summed E-state index contributed by atoms with van der Waals surface area (Å²) in [4.78, 5) is 37.8. The molecule has 3 aromatic rings. The lowest BCUT2D eigenvalue weighted by Crippen LogP contribution is -2.37. The van der Waals surface area contributed by atoms with E-state index in [-0.39, 0.29) is 6.54 Å². The average Bonchev–Trinajstić information content (AvgIpc) is 3.21. The minimum absolute atomic E-state index is 0.316. The van der Waals surface area contributed by atoms with Gasteiger partial charge in [-0.2, -0.15) is 0 Å². The zero-order valence-electron chi connectivity index (χ0n) is 14.1. The molecule has 1 aliphatic heterocycles. The summed E-state index contributed by atoms with van der Waals surface area (Å²) in [5, 5.41) is 11.7. The Morgan fingerprint density at radius 1 is 0.926 bits per heavy atom. The summed E-state index contributed by atoms with van der Waals surface area (Å²) in [5.41, 5.74) is 1.73. The number of nitrogens with one attached hydrogen (secondary N) is 1. The Bertz CT molecular complexity index is 997. The summed E-state index contributed by atoms with van der Waals surface area (Å²) in [5.74, 6) is -1.42. The van der Waals surface area contributed by atoms with Gasteiger partial charge in [0.15, 0.2) is 0 Å². The van der Waals surface area contributed by atoms with E-state index >= 15 is 0 Å². The Morgan fingerprint density at radius 3 is 2.22 bits per heavy atom. The first-order valence-electron chi connectivity index (χ1n) is 8.23. The predicted octanol–water partition coefficient (Wildman–Crippen LogP) is 2.36. The number of carbonyl (C=O) groups excluding carboxylic acids is 3. The highest BCUT2D eigenvalue weighted by Gasteiger charge is 2.36. The van der Waals surface area contributed by atoms with Crippen molar-refractivity contribution in [1.29, 1.82) is 0 Å². The number of fused-ring (bicyclic) bond motifs is 1. The van der Waals surface area contributed by atoms with E-state index in [1.54, 1.807) is 24.3 Å². The van der Waals surface area contributed by atoms with Crippen LogP contribution in [0.1, 0.15) is 31.3 Å². The van der Waals surface area contributed by atoms with Crippen molar-refractivity contribution in [1.82, 2.24) is 15.1 Å². The number of amides is 3. The average molecular weight is 378 g/mol. The highest BCUT2D eigenvalue weighted by Crippen LogP contribution is 2.23. The number of hydrogen-bond acceptors (Lipinski definition) is 6. The van der Waals surface area contributed by atoms with Crippen LogP contribution in [0.15, 0.2) is 54.6 Å². The van der Waals surface area contributed by atoms with Crippen LogP contribution in [0, 0.1) is 0 Å². The molecule has 0 saturated carbocycles. The Hall–Kier alpha value is -3.39. The summed E-state index contributed by atoms with van der Waals surface area (Å²) >= 11 is 1.26. The number of nitrogens with zero attached hydrogens (tertiary/aromatic N) is 3. The van der Waals surface area contributed by atoms with Crippen LogP contribution in [0.3, 0.4) is 0 Å². The van der Waals surface area contributed by atoms with E-state index < -0.39 is 17.7 Å². The Labute approximate surface area is 158 Å². The number of carbonyl (C=O) groups is 3. The minimum Gasteiger partial charge on any atom is -0.299 e. The maximum atomic E-state index is 12.3. The molecule has 2 heterocycles. The van der Waals surface area contributed by atoms with Crippen LogP contribution < -0.4 is 5.32 Å². The van der Waals surface area contributed by atoms with Crippen molar-refractivity contribution in [3.05, 3.63) is 76.3 Å². The number of imide groups is 1. The van der Waals surface area contributed by atoms with Gasteiger partial charge in [0.1, 0.15) is 11.6 Å². The summed E-state index contributed by atoms with van der Waals surface area (Å²) in [7, 11) is 0. The topological polar surface area (TPSA) is 92.3 Å². The Morgan fingerprint density at radius 2 is 1.56 bits per heavy atom. The maximum absolute atomic E-state index is 12.3. The first-order chi connectivity index (χ1) is 13.1. The second-order valence-electron chi connectivity index (χ2n) is 5.95. The molecular formula is C19H14N4O3S. The second kappa shape index (κ2) is 7.08. The summed E-state index contributed by atoms with van der Waals surface area (Å²) < 4.78 is 0. The molecule has 3 amide bonds. The molecule has 0 aliphatic carbocycles. The molecule has 1 aliphatic rings. The first kappa shape index (κ1) is 17.0. The molecule has 4 rings (SSSR count). The highest BCUT2D eigenvalue weighted by atomic mass is 32.1. The number of aromatic nitrogens is 2. The van der Waals surface area contributed by atoms with Crippen molar-refractivity contribution in [2.75, 3.05) is 11.9 Å². The van der Waals surface area contributed by atoms with Crippen molar-refractivity contribution < 1.29 is 14.4 Å². The van der Waals surface area contributed by atoms with Crippen molar-refractivity contribution in [2.45, 2.75) is 6.42 Å². The quantitative estimate of drug-likeness (QED) is 0.688. The third-order valence-electron chi connectivity index (χ3n) is 4.09. The molecule has 2 aromatic carbocycles. The van der Waals surface area contributed by atoms with Gasteiger partial charge in [0.2, 0.25) is 11.0 Å². The van der Waals surface area contributed by atoms with Gasteiger partial charge in [-0.1, -0.05) is 53.8 Å². The second-order valence-corrected chi connectivity index (χ2v) is 7.02. The van der Waals surface area contributed by atoms with Crippen molar-refractivity contribution in [3.63, 3.8) is 0 Å². The SMILES string of the molecule is O=C(CN1C(=O)c2ccccc2C1=O)Nc1nnc(Cc2ccccc2)s1. The van der Waals surface area contributed by atoms with E-state index in [1.165, 1.54) is 11.3 Å². The summed E-state index contributed by atoms with van der Waals surface area (Å²) in [6.07, 6.45) is 0.618. The molecule has 7 nitrogen and oxygen atoms in total. The van der Waals surface area contributed by atoms with Crippen LogP contribution in [-0.2, 0) is 11.2 Å². The highest BCUT2D eigenvalue weighted by molar-refractivity contribution is 7.15. The third-order valence-corrected chi connectivity index (χ3v) is 4.93. The van der Waals surface area contributed by atoms with Gasteiger partial charge in [-0.05, 0) is 17.7 Å². The first-order valence-corrected chi connectivity index (χ1v) is 9.05. The van der Waals surface area contributed by atoms with Crippen LogP contribution in [-0.4, -0.2) is 39.4 Å². The molecule has 27 heavy (non-hydrogen) atoms. The van der Waals surface area contributed by atoms with Crippen LogP contribution in [0.5, 0.6) is 0 Å². The fourth-order valence-electron chi connectivity index (χ4n) is 2.83. The van der Waals surface area contributed by atoms with Crippen molar-refractivity contribution in [3.8, 4) is 0 Å². The molecule has 8 heteroatoms. The molecule has 1 aromatic heterocycles. The lowest BCUT2D eigenvalue weighted by molar-refractivity contribution is -0.116. The summed E-state index contributed by atoms with van der Waals surface area (Å²) in [6.45, 7) is -0.361. The summed E-state index contributed by atoms with van der Waals surface area (Å²) in [6, 6.07) is 16.3.